The number of piperidine rings is 1. The molecule has 0 amide bonds. The van der Waals surface area contributed by atoms with Gasteiger partial charge in [-0.05, 0) is 37.8 Å². The van der Waals surface area contributed by atoms with Crippen LogP contribution in [0.4, 0.5) is 0 Å². The van der Waals surface area contributed by atoms with Gasteiger partial charge in [-0.15, -0.1) is 0 Å². The zero-order valence-corrected chi connectivity index (χ0v) is 11.3. The Bertz CT molecular complexity index is 494. The molecule has 0 aliphatic carbocycles. The molecule has 4 nitrogen and oxygen atoms in total. The van der Waals surface area contributed by atoms with Crippen molar-refractivity contribution in [3.05, 3.63) is 22.7 Å². The summed E-state index contributed by atoms with van der Waals surface area (Å²) in [6, 6.07) is 2.64. The molecular formula is C13H17N3OS. The monoisotopic (exact) mass is 263 g/mol. The largest absolute Gasteiger partial charge is 0.338 e. The Morgan fingerprint density at radius 3 is 3.22 bits per heavy atom. The molecule has 0 saturated carbocycles. The molecule has 5 heteroatoms. The average molecular weight is 263 g/mol. The lowest BCUT2D eigenvalue weighted by Gasteiger charge is -2.31. The lowest BCUT2D eigenvalue weighted by molar-refractivity contribution is 0.135. The average Bonchev–Trinajstić information content (AvgIpc) is 3.02. The summed E-state index contributed by atoms with van der Waals surface area (Å²) in [5, 5.41) is 8.11. The van der Waals surface area contributed by atoms with E-state index in [0.29, 0.717) is 11.9 Å². The third kappa shape index (κ3) is 2.47. The predicted octanol–water partition coefficient (Wildman–Crippen LogP) is 3.17. The van der Waals surface area contributed by atoms with E-state index in [0.717, 1.165) is 24.5 Å². The van der Waals surface area contributed by atoms with Crippen LogP contribution in [0.1, 0.15) is 32.1 Å². The number of nitrogens with zero attached hydrogens (tertiary/aromatic N) is 3. The zero-order chi connectivity index (χ0) is 12.4. The summed E-state index contributed by atoms with van der Waals surface area (Å²) in [5.41, 5.74) is 1.04. The molecule has 3 heterocycles. The van der Waals surface area contributed by atoms with E-state index < -0.39 is 0 Å². The summed E-state index contributed by atoms with van der Waals surface area (Å²) in [4.78, 5) is 6.89. The van der Waals surface area contributed by atoms with Crippen molar-refractivity contribution in [1.82, 2.24) is 15.0 Å². The van der Waals surface area contributed by atoms with Crippen molar-refractivity contribution < 1.29 is 4.52 Å². The molecule has 3 rings (SSSR count). The van der Waals surface area contributed by atoms with Gasteiger partial charge in [0.25, 0.3) is 0 Å². The number of thiophene rings is 1. The Hall–Kier alpha value is -1.20. The van der Waals surface area contributed by atoms with Crippen LogP contribution in [0, 0.1) is 0 Å². The fourth-order valence-corrected chi connectivity index (χ4v) is 3.03. The van der Waals surface area contributed by atoms with Crippen molar-refractivity contribution >= 4 is 11.3 Å². The minimum absolute atomic E-state index is 0.621. The molecule has 0 N–H and O–H groups in total. The summed E-state index contributed by atoms with van der Waals surface area (Å²) in [6.45, 7) is 4.19. The Morgan fingerprint density at radius 1 is 1.50 bits per heavy atom. The first kappa shape index (κ1) is 11.9. The van der Waals surface area contributed by atoms with Crippen LogP contribution in [0.2, 0.25) is 0 Å². The van der Waals surface area contributed by atoms with Crippen LogP contribution in [0.15, 0.2) is 21.3 Å². The third-order valence-corrected chi connectivity index (χ3v) is 4.21. The molecule has 1 fully saturated rings. The number of aromatic nitrogens is 2. The van der Waals surface area contributed by atoms with Gasteiger partial charge in [-0.1, -0.05) is 11.6 Å². The lowest BCUT2D eigenvalue weighted by Crippen LogP contribution is -2.36. The van der Waals surface area contributed by atoms with Gasteiger partial charge >= 0.3 is 0 Å². The maximum atomic E-state index is 5.34. The molecule has 0 bridgehead atoms. The molecule has 1 saturated heterocycles. The van der Waals surface area contributed by atoms with Crippen molar-refractivity contribution in [1.29, 1.82) is 0 Å². The molecule has 0 spiro atoms. The van der Waals surface area contributed by atoms with E-state index in [1.807, 2.05) is 16.8 Å². The van der Waals surface area contributed by atoms with Crippen molar-refractivity contribution in [3.63, 3.8) is 0 Å². The van der Waals surface area contributed by atoms with Gasteiger partial charge < -0.3 is 4.52 Å². The van der Waals surface area contributed by atoms with E-state index >= 15 is 0 Å². The maximum absolute atomic E-state index is 5.34. The van der Waals surface area contributed by atoms with Crippen LogP contribution in [0.5, 0.6) is 0 Å². The molecular weight excluding hydrogens is 246 g/mol. The molecule has 1 atom stereocenters. The molecule has 2 aromatic rings. The van der Waals surface area contributed by atoms with Gasteiger partial charge in [0.05, 0.1) is 6.54 Å². The molecule has 1 aliphatic rings. The highest BCUT2D eigenvalue weighted by atomic mass is 32.1. The van der Waals surface area contributed by atoms with E-state index in [1.165, 1.54) is 19.3 Å². The summed E-state index contributed by atoms with van der Waals surface area (Å²) >= 11 is 1.65. The molecule has 1 unspecified atom stereocenters. The number of likely N-dealkylation sites (tertiary alicyclic amines) is 1. The first-order valence-electron chi connectivity index (χ1n) is 6.42. The molecule has 96 valence electrons. The van der Waals surface area contributed by atoms with E-state index in [-0.39, 0.29) is 0 Å². The SMILES string of the molecule is CC1CCCCN1Cc1nc(-c2ccsc2)no1. The van der Waals surface area contributed by atoms with E-state index in [1.54, 1.807) is 11.3 Å². The van der Waals surface area contributed by atoms with Crippen LogP contribution >= 0.6 is 11.3 Å². The van der Waals surface area contributed by atoms with Crippen LogP contribution in [0.3, 0.4) is 0 Å². The van der Waals surface area contributed by atoms with Gasteiger partial charge in [0, 0.05) is 17.0 Å². The second kappa shape index (κ2) is 5.20. The second-order valence-electron chi connectivity index (χ2n) is 4.84. The molecule has 1 aliphatic heterocycles. The second-order valence-corrected chi connectivity index (χ2v) is 5.62. The Labute approximate surface area is 111 Å². The van der Waals surface area contributed by atoms with Crippen molar-refractivity contribution in [2.24, 2.45) is 0 Å². The van der Waals surface area contributed by atoms with E-state index in [9.17, 15) is 0 Å². The highest BCUT2D eigenvalue weighted by Gasteiger charge is 2.20. The topological polar surface area (TPSA) is 42.2 Å². The fraction of sp³-hybridized carbons (Fsp3) is 0.538. The summed E-state index contributed by atoms with van der Waals surface area (Å²) in [5.74, 6) is 1.43. The quantitative estimate of drug-likeness (QED) is 0.853. The number of rotatable bonds is 3. The van der Waals surface area contributed by atoms with Crippen molar-refractivity contribution in [2.75, 3.05) is 6.54 Å². The number of hydrogen-bond acceptors (Lipinski definition) is 5. The van der Waals surface area contributed by atoms with Gasteiger partial charge in [-0.25, -0.2) is 0 Å². The molecule has 2 aromatic heterocycles. The van der Waals surface area contributed by atoms with Crippen LogP contribution in [0.25, 0.3) is 11.4 Å². The van der Waals surface area contributed by atoms with E-state index in [2.05, 4.69) is 22.0 Å². The fourth-order valence-electron chi connectivity index (χ4n) is 2.39. The standard InChI is InChI=1S/C13H17N3OS/c1-10-4-2-3-6-16(10)8-12-14-13(15-17-12)11-5-7-18-9-11/h5,7,9-10H,2-4,6,8H2,1H3. The third-order valence-electron chi connectivity index (χ3n) is 3.53. The van der Waals surface area contributed by atoms with Gasteiger partial charge in [-0.3, -0.25) is 4.90 Å². The van der Waals surface area contributed by atoms with Gasteiger partial charge in [0.2, 0.25) is 11.7 Å². The Morgan fingerprint density at radius 2 is 2.44 bits per heavy atom. The Kier molecular flexibility index (Phi) is 3.43. The van der Waals surface area contributed by atoms with Crippen molar-refractivity contribution in [2.45, 2.75) is 38.8 Å². The molecule has 0 aromatic carbocycles. The summed E-state index contributed by atoms with van der Waals surface area (Å²) < 4.78 is 5.34. The van der Waals surface area contributed by atoms with Crippen LogP contribution in [-0.2, 0) is 6.54 Å². The minimum Gasteiger partial charge on any atom is -0.338 e. The smallest absolute Gasteiger partial charge is 0.241 e. The van der Waals surface area contributed by atoms with Gasteiger partial charge in [0.1, 0.15) is 0 Å². The van der Waals surface area contributed by atoms with Gasteiger partial charge in [-0.2, -0.15) is 16.3 Å². The maximum Gasteiger partial charge on any atom is 0.241 e. The summed E-state index contributed by atoms with van der Waals surface area (Å²) in [6.07, 6.45) is 3.88. The highest BCUT2D eigenvalue weighted by molar-refractivity contribution is 7.08. The first-order chi connectivity index (χ1) is 8.83. The molecule has 18 heavy (non-hydrogen) atoms. The van der Waals surface area contributed by atoms with Gasteiger partial charge in [0.15, 0.2) is 0 Å². The minimum atomic E-state index is 0.621. The highest BCUT2D eigenvalue weighted by Crippen LogP contribution is 2.21. The normalized spacial score (nSPS) is 21.3. The first-order valence-corrected chi connectivity index (χ1v) is 7.36. The summed E-state index contributed by atoms with van der Waals surface area (Å²) in [7, 11) is 0. The van der Waals surface area contributed by atoms with Crippen molar-refractivity contribution in [3.8, 4) is 11.4 Å². The Balaban J connectivity index is 1.70. The zero-order valence-electron chi connectivity index (χ0n) is 10.5. The molecule has 0 radical (unpaired) electrons. The van der Waals surface area contributed by atoms with Crippen LogP contribution < -0.4 is 0 Å². The lowest BCUT2D eigenvalue weighted by atomic mass is 10.0. The van der Waals surface area contributed by atoms with E-state index in [4.69, 9.17) is 4.52 Å². The number of hydrogen-bond donors (Lipinski definition) is 0. The predicted molar refractivity (Wildman–Crippen MR) is 71.3 cm³/mol. The van der Waals surface area contributed by atoms with Crippen LogP contribution in [-0.4, -0.2) is 27.6 Å².